The number of unbranched alkanes of at least 4 members (excludes halogenated alkanes) is 1. The number of carbonyl (C=O) groups excluding carboxylic acids is 1. The number of ether oxygens (including phenoxy) is 1. The van der Waals surface area contributed by atoms with E-state index >= 15 is 0 Å². The van der Waals surface area contributed by atoms with E-state index in [1.54, 1.807) is 19.2 Å². The lowest BCUT2D eigenvalue weighted by molar-refractivity contribution is 0.0519. The largest absolute Gasteiger partial charge is 0.461 e. The number of carbonyl (C=O) groups is 1. The number of rotatable bonds is 6. The zero-order valence-electron chi connectivity index (χ0n) is 9.69. The third kappa shape index (κ3) is 3.84. The van der Waals surface area contributed by atoms with E-state index in [1.807, 2.05) is 0 Å². The number of anilines is 1. The standard InChI is InChI=1S/C11H17N3O2/c1-3-5-7-12-11-13-8-6-9(14-11)10(15)16-4-2/h6,8H,3-5,7H2,1-2H3,(H,12,13,14). The number of aromatic nitrogens is 2. The Morgan fingerprint density at radius 1 is 1.50 bits per heavy atom. The van der Waals surface area contributed by atoms with E-state index in [4.69, 9.17) is 4.74 Å². The van der Waals surface area contributed by atoms with Crippen molar-refractivity contribution in [2.24, 2.45) is 0 Å². The Morgan fingerprint density at radius 2 is 2.31 bits per heavy atom. The Labute approximate surface area is 95.3 Å². The number of hydrogen-bond donors (Lipinski definition) is 1. The molecule has 0 amide bonds. The molecule has 1 N–H and O–H groups in total. The molecule has 0 aliphatic heterocycles. The first-order valence-electron chi connectivity index (χ1n) is 5.52. The van der Waals surface area contributed by atoms with Gasteiger partial charge in [-0.15, -0.1) is 0 Å². The van der Waals surface area contributed by atoms with Gasteiger partial charge in [0.1, 0.15) is 0 Å². The van der Waals surface area contributed by atoms with Gasteiger partial charge >= 0.3 is 5.97 Å². The maximum atomic E-state index is 11.4. The molecule has 5 nitrogen and oxygen atoms in total. The summed E-state index contributed by atoms with van der Waals surface area (Å²) >= 11 is 0. The Balaban J connectivity index is 2.60. The second-order valence-corrected chi connectivity index (χ2v) is 3.27. The van der Waals surface area contributed by atoms with Crippen LogP contribution in [-0.4, -0.2) is 29.1 Å². The molecule has 0 aliphatic carbocycles. The summed E-state index contributed by atoms with van der Waals surface area (Å²) < 4.78 is 4.85. The number of hydrogen-bond acceptors (Lipinski definition) is 5. The number of esters is 1. The minimum Gasteiger partial charge on any atom is -0.461 e. The summed E-state index contributed by atoms with van der Waals surface area (Å²) in [6.45, 7) is 5.03. The summed E-state index contributed by atoms with van der Waals surface area (Å²) in [4.78, 5) is 19.5. The maximum Gasteiger partial charge on any atom is 0.357 e. The molecule has 5 heteroatoms. The molecule has 88 valence electrons. The normalized spacial score (nSPS) is 9.88. The van der Waals surface area contributed by atoms with E-state index < -0.39 is 5.97 Å². The summed E-state index contributed by atoms with van der Waals surface area (Å²) in [6.07, 6.45) is 3.70. The summed E-state index contributed by atoms with van der Waals surface area (Å²) in [5.74, 6) is 0.0578. The summed E-state index contributed by atoms with van der Waals surface area (Å²) in [5.41, 5.74) is 0.288. The van der Waals surface area contributed by atoms with Gasteiger partial charge in [0.05, 0.1) is 6.61 Å². The Kier molecular flexibility index (Phi) is 5.25. The van der Waals surface area contributed by atoms with E-state index in [1.165, 1.54) is 0 Å². The van der Waals surface area contributed by atoms with Crippen LogP contribution in [0, 0.1) is 0 Å². The molecule has 1 heterocycles. The van der Waals surface area contributed by atoms with Crippen LogP contribution in [0.25, 0.3) is 0 Å². The third-order valence-corrected chi connectivity index (χ3v) is 1.95. The predicted molar refractivity (Wildman–Crippen MR) is 61.4 cm³/mol. The third-order valence-electron chi connectivity index (χ3n) is 1.95. The molecule has 0 saturated heterocycles. The molecule has 0 aliphatic rings. The van der Waals surface area contributed by atoms with Gasteiger partial charge in [-0.25, -0.2) is 14.8 Å². The highest BCUT2D eigenvalue weighted by Crippen LogP contribution is 2.02. The highest BCUT2D eigenvalue weighted by molar-refractivity contribution is 5.87. The first-order chi connectivity index (χ1) is 7.77. The molecule has 0 radical (unpaired) electrons. The average molecular weight is 223 g/mol. The number of nitrogens with zero attached hydrogens (tertiary/aromatic N) is 2. The lowest BCUT2D eigenvalue weighted by Gasteiger charge is -2.05. The van der Waals surface area contributed by atoms with E-state index in [2.05, 4.69) is 22.2 Å². The van der Waals surface area contributed by atoms with Crippen LogP contribution in [0.15, 0.2) is 12.3 Å². The van der Waals surface area contributed by atoms with Crippen molar-refractivity contribution in [3.63, 3.8) is 0 Å². The molecule has 0 spiro atoms. The minimum atomic E-state index is -0.413. The van der Waals surface area contributed by atoms with E-state index in [9.17, 15) is 4.79 Å². The van der Waals surface area contributed by atoms with Crippen molar-refractivity contribution in [2.75, 3.05) is 18.5 Å². The molecule has 0 bridgehead atoms. The molecule has 0 aromatic carbocycles. The summed E-state index contributed by atoms with van der Waals surface area (Å²) in [5, 5.41) is 3.05. The SMILES string of the molecule is CCCCNc1nccc(C(=O)OCC)n1. The van der Waals surface area contributed by atoms with Gasteiger partial charge in [-0.05, 0) is 19.4 Å². The van der Waals surface area contributed by atoms with Crippen molar-refractivity contribution in [1.29, 1.82) is 0 Å². The topological polar surface area (TPSA) is 64.1 Å². The Bertz CT molecular complexity index is 342. The van der Waals surface area contributed by atoms with Crippen LogP contribution in [0.4, 0.5) is 5.95 Å². The van der Waals surface area contributed by atoms with Crippen LogP contribution in [-0.2, 0) is 4.74 Å². The molecule has 16 heavy (non-hydrogen) atoms. The minimum absolute atomic E-state index is 0.288. The lowest BCUT2D eigenvalue weighted by atomic mass is 10.3. The molecule has 0 saturated carbocycles. The highest BCUT2D eigenvalue weighted by Gasteiger charge is 2.08. The first kappa shape index (κ1) is 12.4. The van der Waals surface area contributed by atoms with E-state index in [0.29, 0.717) is 12.6 Å². The second-order valence-electron chi connectivity index (χ2n) is 3.27. The predicted octanol–water partition coefficient (Wildman–Crippen LogP) is 1.87. The average Bonchev–Trinajstić information content (AvgIpc) is 2.30. The Hall–Kier alpha value is -1.65. The molecular formula is C11H17N3O2. The zero-order valence-corrected chi connectivity index (χ0v) is 9.69. The van der Waals surface area contributed by atoms with E-state index in [0.717, 1.165) is 19.4 Å². The second kappa shape index (κ2) is 6.76. The lowest BCUT2D eigenvalue weighted by Crippen LogP contribution is -2.11. The number of nitrogens with one attached hydrogen (secondary N) is 1. The smallest absolute Gasteiger partial charge is 0.357 e. The molecule has 1 rings (SSSR count). The van der Waals surface area contributed by atoms with Crippen LogP contribution in [0.3, 0.4) is 0 Å². The van der Waals surface area contributed by atoms with Crippen LogP contribution < -0.4 is 5.32 Å². The maximum absolute atomic E-state index is 11.4. The van der Waals surface area contributed by atoms with E-state index in [-0.39, 0.29) is 5.69 Å². The quantitative estimate of drug-likeness (QED) is 0.589. The van der Waals surface area contributed by atoms with Gasteiger partial charge in [0, 0.05) is 12.7 Å². The summed E-state index contributed by atoms with van der Waals surface area (Å²) in [6, 6.07) is 1.54. The fourth-order valence-electron chi connectivity index (χ4n) is 1.14. The van der Waals surface area contributed by atoms with Gasteiger partial charge in [-0.1, -0.05) is 13.3 Å². The molecule has 0 fully saturated rings. The fourth-order valence-corrected chi connectivity index (χ4v) is 1.14. The van der Waals surface area contributed by atoms with Crippen molar-refractivity contribution in [2.45, 2.75) is 26.7 Å². The van der Waals surface area contributed by atoms with Crippen LogP contribution in [0.1, 0.15) is 37.2 Å². The monoisotopic (exact) mass is 223 g/mol. The summed E-state index contributed by atoms with van der Waals surface area (Å²) in [7, 11) is 0. The van der Waals surface area contributed by atoms with Gasteiger partial charge in [0.15, 0.2) is 5.69 Å². The van der Waals surface area contributed by atoms with Gasteiger partial charge in [-0.3, -0.25) is 0 Å². The zero-order chi connectivity index (χ0) is 11.8. The van der Waals surface area contributed by atoms with Crippen LogP contribution in [0.5, 0.6) is 0 Å². The van der Waals surface area contributed by atoms with Crippen LogP contribution >= 0.6 is 0 Å². The van der Waals surface area contributed by atoms with Crippen molar-refractivity contribution in [3.05, 3.63) is 18.0 Å². The molecule has 0 unspecified atom stereocenters. The molecule has 0 atom stereocenters. The molecular weight excluding hydrogens is 206 g/mol. The molecule has 1 aromatic heterocycles. The highest BCUT2D eigenvalue weighted by atomic mass is 16.5. The fraction of sp³-hybridized carbons (Fsp3) is 0.545. The Morgan fingerprint density at radius 3 is 3.00 bits per heavy atom. The first-order valence-corrected chi connectivity index (χ1v) is 5.52. The van der Waals surface area contributed by atoms with Gasteiger partial charge in [0.25, 0.3) is 0 Å². The van der Waals surface area contributed by atoms with Crippen LogP contribution in [0.2, 0.25) is 0 Å². The van der Waals surface area contributed by atoms with Crippen molar-refractivity contribution in [3.8, 4) is 0 Å². The van der Waals surface area contributed by atoms with Crippen molar-refractivity contribution >= 4 is 11.9 Å². The molecule has 1 aromatic rings. The van der Waals surface area contributed by atoms with Crippen molar-refractivity contribution < 1.29 is 9.53 Å². The van der Waals surface area contributed by atoms with Crippen molar-refractivity contribution in [1.82, 2.24) is 9.97 Å². The van der Waals surface area contributed by atoms with Gasteiger partial charge < -0.3 is 10.1 Å². The van der Waals surface area contributed by atoms with Gasteiger partial charge in [-0.2, -0.15) is 0 Å². The van der Waals surface area contributed by atoms with Gasteiger partial charge in [0.2, 0.25) is 5.95 Å².